The summed E-state index contributed by atoms with van der Waals surface area (Å²) in [6.45, 7) is 0.396. The lowest BCUT2D eigenvalue weighted by atomic mass is 9.97. The molecule has 0 saturated heterocycles. The molecule has 1 aliphatic rings. The van der Waals surface area contributed by atoms with Gasteiger partial charge in [-0.3, -0.25) is 9.36 Å². The van der Waals surface area contributed by atoms with Crippen molar-refractivity contribution in [2.45, 2.75) is 32.2 Å². The monoisotopic (exact) mass is 590 g/mol. The lowest BCUT2D eigenvalue weighted by Crippen LogP contribution is -2.25. The number of hydrogen-bond acceptors (Lipinski definition) is 6. The zero-order chi connectivity index (χ0) is 28.5. The van der Waals surface area contributed by atoms with Gasteiger partial charge < -0.3 is 0 Å². The van der Waals surface area contributed by atoms with E-state index in [9.17, 15) is 4.79 Å². The minimum atomic E-state index is -0.0281. The van der Waals surface area contributed by atoms with Gasteiger partial charge in [-0.25, -0.2) is 15.1 Å². The number of nitrogens with one attached hydrogen (secondary N) is 1. The van der Waals surface area contributed by atoms with Crippen molar-refractivity contribution >= 4 is 45.3 Å². The van der Waals surface area contributed by atoms with Crippen LogP contribution in [0.2, 0.25) is 5.02 Å². The number of anilines is 1. The number of nitrogens with zero attached hydrogens (tertiary/aromatic N) is 5. The average molecular weight is 591 g/mol. The highest BCUT2D eigenvalue weighted by molar-refractivity contribution is 7.18. The highest BCUT2D eigenvalue weighted by Crippen LogP contribution is 2.34. The predicted molar refractivity (Wildman–Crippen MR) is 171 cm³/mol. The first-order valence-corrected chi connectivity index (χ1v) is 15.1. The van der Waals surface area contributed by atoms with E-state index in [0.29, 0.717) is 17.5 Å². The summed E-state index contributed by atoms with van der Waals surface area (Å²) in [5, 5.41) is 10.9. The second-order valence-corrected chi connectivity index (χ2v) is 11.8. The lowest BCUT2D eigenvalue weighted by molar-refractivity contribution is 0.698. The topological polar surface area (TPSA) is 77.1 Å². The van der Waals surface area contributed by atoms with Crippen molar-refractivity contribution in [1.82, 2.24) is 19.3 Å². The Morgan fingerprint density at radius 1 is 0.952 bits per heavy atom. The molecule has 0 fully saturated rings. The van der Waals surface area contributed by atoms with Crippen molar-refractivity contribution in [3.63, 3.8) is 0 Å². The summed E-state index contributed by atoms with van der Waals surface area (Å²) >= 11 is 7.79. The number of hydrazone groups is 1. The van der Waals surface area contributed by atoms with Gasteiger partial charge in [0.1, 0.15) is 10.5 Å². The van der Waals surface area contributed by atoms with Crippen LogP contribution < -0.4 is 11.0 Å². The molecule has 3 heterocycles. The van der Waals surface area contributed by atoms with Crippen molar-refractivity contribution in [3.05, 3.63) is 128 Å². The SMILES string of the molecule is O=c1c2c3c(sc2nc(N/N=C/c2cn(-c4ccccc4)nc2-c2ccc(Cl)cc2)n1Cc1ccccc1)CCCC3. The maximum absolute atomic E-state index is 14.0. The van der Waals surface area contributed by atoms with E-state index in [0.717, 1.165) is 64.0 Å². The molecule has 6 aromatic rings. The Morgan fingerprint density at radius 2 is 1.69 bits per heavy atom. The van der Waals surface area contributed by atoms with Crippen LogP contribution >= 0.6 is 22.9 Å². The summed E-state index contributed by atoms with van der Waals surface area (Å²) in [5.41, 5.74) is 8.69. The molecule has 0 aliphatic heterocycles. The Labute approximate surface area is 251 Å². The van der Waals surface area contributed by atoms with Gasteiger partial charge in [0, 0.05) is 27.2 Å². The van der Waals surface area contributed by atoms with E-state index >= 15 is 0 Å². The third-order valence-corrected chi connectivity index (χ3v) is 8.95. The molecule has 3 aromatic heterocycles. The van der Waals surface area contributed by atoms with Crippen LogP contribution in [-0.2, 0) is 19.4 Å². The van der Waals surface area contributed by atoms with Gasteiger partial charge in [-0.15, -0.1) is 11.3 Å². The van der Waals surface area contributed by atoms with E-state index in [1.54, 1.807) is 22.1 Å². The largest absolute Gasteiger partial charge is 0.272 e. The average Bonchev–Trinajstić information content (AvgIpc) is 3.62. The molecule has 1 aliphatic carbocycles. The number of aryl methyl sites for hydroxylation is 2. The quantitative estimate of drug-likeness (QED) is 0.156. The van der Waals surface area contributed by atoms with Gasteiger partial charge in [-0.2, -0.15) is 10.2 Å². The zero-order valence-electron chi connectivity index (χ0n) is 22.7. The summed E-state index contributed by atoms with van der Waals surface area (Å²) in [7, 11) is 0. The van der Waals surface area contributed by atoms with Crippen LogP contribution in [0, 0.1) is 0 Å². The number of aromatic nitrogens is 4. The highest BCUT2D eigenvalue weighted by Gasteiger charge is 2.22. The first-order valence-electron chi connectivity index (χ1n) is 13.9. The van der Waals surface area contributed by atoms with Gasteiger partial charge in [-0.05, 0) is 61.1 Å². The maximum Gasteiger partial charge on any atom is 0.264 e. The standard InChI is InChI=1S/C33H27ClN6OS/c34-25-17-15-23(16-18-25)30-24(21-40(38-30)26-11-5-2-6-12-26)19-35-37-33-36-31-29(27-13-7-8-14-28(27)42-31)32(41)39(33)20-22-9-3-1-4-10-22/h1-6,9-12,15-19,21H,7-8,13-14,20H2,(H,36,37)/b35-19+. The van der Waals surface area contributed by atoms with Gasteiger partial charge in [0.15, 0.2) is 0 Å². The van der Waals surface area contributed by atoms with Crippen LogP contribution in [0.25, 0.3) is 27.2 Å². The van der Waals surface area contributed by atoms with E-state index in [1.165, 1.54) is 10.4 Å². The van der Waals surface area contributed by atoms with E-state index in [4.69, 9.17) is 21.7 Å². The van der Waals surface area contributed by atoms with E-state index in [2.05, 4.69) is 10.5 Å². The Morgan fingerprint density at radius 3 is 2.48 bits per heavy atom. The number of para-hydroxylation sites is 1. The third-order valence-electron chi connectivity index (χ3n) is 7.51. The molecule has 0 saturated carbocycles. The fraction of sp³-hybridized carbons (Fsp3) is 0.152. The van der Waals surface area contributed by atoms with Gasteiger partial charge in [0.25, 0.3) is 5.56 Å². The molecule has 9 heteroatoms. The van der Waals surface area contributed by atoms with Gasteiger partial charge in [-0.1, -0.05) is 72.3 Å². The molecule has 208 valence electrons. The molecule has 7 rings (SSSR count). The number of halogens is 1. The van der Waals surface area contributed by atoms with Crippen molar-refractivity contribution in [1.29, 1.82) is 0 Å². The predicted octanol–water partition coefficient (Wildman–Crippen LogP) is 7.34. The Kier molecular flexibility index (Phi) is 7.15. The number of hydrogen-bond donors (Lipinski definition) is 1. The summed E-state index contributed by atoms with van der Waals surface area (Å²) in [6.07, 6.45) is 7.86. The normalized spacial score (nSPS) is 13.1. The van der Waals surface area contributed by atoms with Gasteiger partial charge >= 0.3 is 0 Å². The minimum absolute atomic E-state index is 0.0281. The van der Waals surface area contributed by atoms with Crippen LogP contribution in [-0.4, -0.2) is 25.5 Å². The Balaban J connectivity index is 1.29. The van der Waals surface area contributed by atoms with Crippen LogP contribution in [0.4, 0.5) is 5.95 Å². The lowest BCUT2D eigenvalue weighted by Gasteiger charge is -2.13. The van der Waals surface area contributed by atoms with Crippen molar-refractivity contribution in [2.75, 3.05) is 5.43 Å². The van der Waals surface area contributed by atoms with E-state index < -0.39 is 0 Å². The third kappa shape index (κ3) is 5.15. The van der Waals surface area contributed by atoms with Crippen LogP contribution in [0.15, 0.2) is 101 Å². The molecule has 0 spiro atoms. The molecular formula is C33H27ClN6OS. The van der Waals surface area contributed by atoms with Crippen molar-refractivity contribution < 1.29 is 0 Å². The first kappa shape index (κ1) is 26.4. The molecule has 0 amide bonds. The summed E-state index contributed by atoms with van der Waals surface area (Å²) < 4.78 is 3.53. The minimum Gasteiger partial charge on any atom is -0.272 e. The molecule has 0 unspecified atom stereocenters. The van der Waals surface area contributed by atoms with Crippen LogP contribution in [0.5, 0.6) is 0 Å². The summed E-state index contributed by atoms with van der Waals surface area (Å²) in [6, 6.07) is 27.5. The second kappa shape index (κ2) is 11.4. The smallest absolute Gasteiger partial charge is 0.264 e. The van der Waals surface area contributed by atoms with Gasteiger partial charge in [0.05, 0.1) is 23.8 Å². The molecule has 7 nitrogen and oxygen atoms in total. The summed E-state index contributed by atoms with van der Waals surface area (Å²) in [4.78, 5) is 20.9. The number of thiophene rings is 1. The molecular weight excluding hydrogens is 564 g/mol. The van der Waals surface area contributed by atoms with Gasteiger partial charge in [0.2, 0.25) is 5.95 Å². The molecule has 1 N–H and O–H groups in total. The fourth-order valence-electron chi connectivity index (χ4n) is 5.42. The van der Waals surface area contributed by atoms with Crippen LogP contribution in [0.1, 0.15) is 34.4 Å². The Bertz CT molecular complexity index is 1960. The molecule has 0 atom stereocenters. The van der Waals surface area contributed by atoms with E-state index in [-0.39, 0.29) is 5.56 Å². The number of rotatable bonds is 7. The fourth-order valence-corrected chi connectivity index (χ4v) is 6.80. The Hall–Kier alpha value is -4.53. The molecule has 3 aromatic carbocycles. The highest BCUT2D eigenvalue weighted by atomic mass is 35.5. The molecule has 0 bridgehead atoms. The van der Waals surface area contributed by atoms with Crippen LogP contribution in [0.3, 0.4) is 0 Å². The second-order valence-electron chi connectivity index (χ2n) is 10.3. The number of fused-ring (bicyclic) bond motifs is 3. The zero-order valence-corrected chi connectivity index (χ0v) is 24.3. The summed E-state index contributed by atoms with van der Waals surface area (Å²) in [5.74, 6) is 0.412. The first-order chi connectivity index (χ1) is 20.6. The van der Waals surface area contributed by atoms with E-state index in [1.807, 2.05) is 95.8 Å². The number of benzene rings is 3. The van der Waals surface area contributed by atoms with Crippen molar-refractivity contribution in [2.24, 2.45) is 5.10 Å². The molecule has 42 heavy (non-hydrogen) atoms. The van der Waals surface area contributed by atoms with Crippen molar-refractivity contribution in [3.8, 4) is 16.9 Å². The molecule has 0 radical (unpaired) electrons. The maximum atomic E-state index is 14.0.